The predicted molar refractivity (Wildman–Crippen MR) is 124 cm³/mol. The van der Waals surface area contributed by atoms with E-state index in [0.29, 0.717) is 23.5 Å². The van der Waals surface area contributed by atoms with Crippen molar-refractivity contribution in [2.24, 2.45) is 13.0 Å². The summed E-state index contributed by atoms with van der Waals surface area (Å²) in [6, 6.07) is 10.1. The molecule has 162 valence electrons. The zero-order valence-electron chi connectivity index (χ0n) is 18.3. The van der Waals surface area contributed by atoms with E-state index in [0.717, 1.165) is 16.8 Å². The largest absolute Gasteiger partial charge is 0.375 e. The fraction of sp³-hybridized carbons (Fsp3) is 0.250. The second-order valence-electron chi connectivity index (χ2n) is 8.41. The highest BCUT2D eigenvalue weighted by molar-refractivity contribution is 5.70. The molecule has 3 aromatic heterocycles. The van der Waals surface area contributed by atoms with Crippen molar-refractivity contribution in [3.8, 4) is 11.3 Å². The van der Waals surface area contributed by atoms with Crippen LogP contribution in [0.2, 0.25) is 0 Å². The minimum atomic E-state index is -0.522. The maximum atomic E-state index is 12.7. The Hall–Kier alpha value is -3.94. The minimum absolute atomic E-state index is 0.203. The molecule has 2 N–H and O–H groups in total. The van der Waals surface area contributed by atoms with Crippen LogP contribution in [0.1, 0.15) is 25.2 Å². The summed E-state index contributed by atoms with van der Waals surface area (Å²) in [6.45, 7) is 4.66. The Morgan fingerprint density at radius 3 is 2.59 bits per heavy atom. The highest BCUT2D eigenvalue weighted by atomic mass is 16.1. The van der Waals surface area contributed by atoms with Crippen LogP contribution in [0.15, 0.2) is 71.9 Å². The van der Waals surface area contributed by atoms with Gasteiger partial charge in [0.15, 0.2) is 11.5 Å². The summed E-state index contributed by atoms with van der Waals surface area (Å²) in [5.41, 5.74) is 3.45. The number of dihydropyridines is 1. The number of aryl methyl sites for hydroxylation is 1. The average molecular weight is 428 g/mol. The standard InChI is InChI=1S/C24H25N7O/c1-16(2)24(11-4-5-12-26-24)22-25-14-20-21(28-22)31(23(32)27-20)15-17-6-8-18(9-7-17)19-10-13-30(3)29-19/h4-14,16,26H,15H2,1-3H3,(H,27,32). The van der Waals surface area contributed by atoms with Crippen LogP contribution in [0.25, 0.3) is 22.4 Å². The van der Waals surface area contributed by atoms with Crippen molar-refractivity contribution >= 4 is 11.2 Å². The van der Waals surface area contributed by atoms with E-state index in [1.165, 1.54) is 0 Å². The number of hydrogen-bond acceptors (Lipinski definition) is 5. The van der Waals surface area contributed by atoms with Crippen molar-refractivity contribution in [1.82, 2.24) is 34.6 Å². The summed E-state index contributed by atoms with van der Waals surface area (Å²) in [5, 5.41) is 7.85. The fourth-order valence-corrected chi connectivity index (χ4v) is 4.08. The molecule has 0 aliphatic carbocycles. The second kappa shape index (κ2) is 7.64. The molecule has 1 aliphatic heterocycles. The predicted octanol–water partition coefficient (Wildman–Crippen LogP) is 3.09. The maximum Gasteiger partial charge on any atom is 0.328 e. The molecular weight excluding hydrogens is 402 g/mol. The van der Waals surface area contributed by atoms with E-state index in [2.05, 4.69) is 40.3 Å². The molecule has 4 heterocycles. The Labute approximate surface area is 185 Å². The van der Waals surface area contributed by atoms with Crippen molar-refractivity contribution in [1.29, 1.82) is 0 Å². The van der Waals surface area contributed by atoms with Crippen molar-refractivity contribution in [3.63, 3.8) is 0 Å². The molecule has 4 aromatic rings. The van der Waals surface area contributed by atoms with Gasteiger partial charge in [-0.3, -0.25) is 9.25 Å². The van der Waals surface area contributed by atoms with Crippen LogP contribution in [-0.2, 0) is 19.1 Å². The van der Waals surface area contributed by atoms with Crippen molar-refractivity contribution in [3.05, 3.63) is 89.0 Å². The summed E-state index contributed by atoms with van der Waals surface area (Å²) < 4.78 is 3.44. The van der Waals surface area contributed by atoms with Gasteiger partial charge in [0, 0.05) is 18.8 Å². The summed E-state index contributed by atoms with van der Waals surface area (Å²) >= 11 is 0. The Bertz CT molecular complexity index is 1390. The van der Waals surface area contributed by atoms with E-state index in [4.69, 9.17) is 4.98 Å². The fourth-order valence-electron chi connectivity index (χ4n) is 4.08. The Morgan fingerprint density at radius 2 is 1.94 bits per heavy atom. The molecule has 8 nitrogen and oxygen atoms in total. The molecular formula is C24H25N7O. The summed E-state index contributed by atoms with van der Waals surface area (Å²) in [5.74, 6) is 0.846. The SMILES string of the molecule is CC(C)C1(c2ncc3[nH]c(=O)n(Cc4ccc(-c5ccn(C)n5)cc4)c3n2)C=CC=CN1. The lowest BCUT2D eigenvalue weighted by molar-refractivity contribution is 0.323. The van der Waals surface area contributed by atoms with Crippen molar-refractivity contribution in [2.45, 2.75) is 25.9 Å². The first-order chi connectivity index (χ1) is 15.5. The summed E-state index contributed by atoms with van der Waals surface area (Å²) in [7, 11) is 1.90. The first-order valence-corrected chi connectivity index (χ1v) is 10.6. The van der Waals surface area contributed by atoms with Crippen molar-refractivity contribution < 1.29 is 0 Å². The molecule has 32 heavy (non-hydrogen) atoms. The van der Waals surface area contributed by atoms with E-state index >= 15 is 0 Å². The van der Waals surface area contributed by atoms with Gasteiger partial charge in [-0.1, -0.05) is 50.3 Å². The molecule has 0 bridgehead atoms. The zero-order chi connectivity index (χ0) is 22.3. The number of nitrogens with zero attached hydrogens (tertiary/aromatic N) is 5. The maximum absolute atomic E-state index is 12.7. The molecule has 0 spiro atoms. The Kier molecular flexibility index (Phi) is 4.77. The zero-order valence-corrected chi connectivity index (χ0v) is 18.3. The number of aromatic nitrogens is 6. The topological polar surface area (TPSA) is 93.4 Å². The molecule has 0 fully saturated rings. The van der Waals surface area contributed by atoms with Crippen LogP contribution >= 0.6 is 0 Å². The number of H-pyrrole nitrogens is 1. The minimum Gasteiger partial charge on any atom is -0.375 e. The van der Waals surface area contributed by atoms with Gasteiger partial charge < -0.3 is 10.3 Å². The third-order valence-electron chi connectivity index (χ3n) is 5.98. The van der Waals surface area contributed by atoms with Crippen LogP contribution in [0.3, 0.4) is 0 Å². The lowest BCUT2D eigenvalue weighted by atomic mass is 9.84. The van der Waals surface area contributed by atoms with E-state index in [-0.39, 0.29) is 11.6 Å². The van der Waals surface area contributed by atoms with Crippen LogP contribution in [0.4, 0.5) is 0 Å². The van der Waals surface area contributed by atoms with Gasteiger partial charge in [0.2, 0.25) is 0 Å². The molecule has 1 unspecified atom stereocenters. The number of aromatic amines is 1. The first-order valence-electron chi connectivity index (χ1n) is 10.6. The monoisotopic (exact) mass is 427 g/mol. The number of imidazole rings is 1. The normalized spacial score (nSPS) is 17.9. The molecule has 8 heteroatoms. The quantitative estimate of drug-likeness (QED) is 0.511. The second-order valence-corrected chi connectivity index (χ2v) is 8.41. The Morgan fingerprint density at radius 1 is 1.12 bits per heavy atom. The van der Waals surface area contributed by atoms with E-state index in [9.17, 15) is 4.79 Å². The van der Waals surface area contributed by atoms with Crippen LogP contribution in [0, 0.1) is 5.92 Å². The number of fused-ring (bicyclic) bond motifs is 1. The lowest BCUT2D eigenvalue weighted by Crippen LogP contribution is -2.45. The van der Waals surface area contributed by atoms with E-state index < -0.39 is 5.54 Å². The highest BCUT2D eigenvalue weighted by Crippen LogP contribution is 2.31. The van der Waals surface area contributed by atoms with Gasteiger partial charge in [0.05, 0.1) is 18.4 Å². The van der Waals surface area contributed by atoms with Gasteiger partial charge >= 0.3 is 5.69 Å². The van der Waals surface area contributed by atoms with Gasteiger partial charge in [-0.05, 0) is 29.8 Å². The number of benzene rings is 1. The van der Waals surface area contributed by atoms with Gasteiger partial charge in [0.1, 0.15) is 11.1 Å². The van der Waals surface area contributed by atoms with E-state index in [1.807, 2.05) is 61.9 Å². The number of allylic oxidation sites excluding steroid dienone is 2. The van der Waals surface area contributed by atoms with Crippen molar-refractivity contribution in [2.75, 3.05) is 0 Å². The van der Waals surface area contributed by atoms with Crippen LogP contribution in [0.5, 0.6) is 0 Å². The average Bonchev–Trinajstić information content (AvgIpc) is 3.37. The third kappa shape index (κ3) is 3.33. The van der Waals surface area contributed by atoms with Gasteiger partial charge in [0.25, 0.3) is 0 Å². The molecule has 0 radical (unpaired) electrons. The highest BCUT2D eigenvalue weighted by Gasteiger charge is 2.36. The molecule has 5 rings (SSSR count). The number of nitrogens with one attached hydrogen (secondary N) is 2. The molecule has 0 saturated heterocycles. The number of hydrogen-bond donors (Lipinski definition) is 2. The Balaban J connectivity index is 1.51. The first kappa shape index (κ1) is 20.0. The summed E-state index contributed by atoms with van der Waals surface area (Å²) in [6.07, 6.45) is 11.5. The number of rotatable bonds is 5. The van der Waals surface area contributed by atoms with E-state index in [1.54, 1.807) is 15.4 Å². The summed E-state index contributed by atoms with van der Waals surface area (Å²) in [4.78, 5) is 25.0. The lowest BCUT2D eigenvalue weighted by Gasteiger charge is -2.35. The molecule has 1 aliphatic rings. The van der Waals surface area contributed by atoms with Gasteiger partial charge in [-0.25, -0.2) is 14.8 Å². The van der Waals surface area contributed by atoms with Crippen LogP contribution in [-0.4, -0.2) is 29.3 Å². The van der Waals surface area contributed by atoms with Gasteiger partial charge in [-0.15, -0.1) is 0 Å². The molecule has 1 aromatic carbocycles. The van der Waals surface area contributed by atoms with Gasteiger partial charge in [-0.2, -0.15) is 5.10 Å². The smallest absolute Gasteiger partial charge is 0.328 e. The molecule has 1 atom stereocenters. The molecule has 0 amide bonds. The molecule has 0 saturated carbocycles. The van der Waals surface area contributed by atoms with Crippen LogP contribution < -0.4 is 11.0 Å². The third-order valence-corrected chi connectivity index (χ3v) is 5.98.